The van der Waals surface area contributed by atoms with Gasteiger partial charge in [-0.05, 0) is 46.7 Å². The Morgan fingerprint density at radius 3 is 2.65 bits per heavy atom. The van der Waals surface area contributed by atoms with Crippen molar-refractivity contribution >= 4 is 10.9 Å². The molecular weight excluding hydrogens is 432 g/mol. The Labute approximate surface area is 198 Å². The van der Waals surface area contributed by atoms with Crippen LogP contribution in [0.1, 0.15) is 36.3 Å². The quantitative estimate of drug-likeness (QED) is 0.365. The molecule has 0 amide bonds. The molecular formula is C25H30N6O3. The van der Waals surface area contributed by atoms with E-state index in [1.54, 1.807) is 18.9 Å². The van der Waals surface area contributed by atoms with Crippen molar-refractivity contribution in [3.63, 3.8) is 0 Å². The third-order valence-corrected chi connectivity index (χ3v) is 5.92. The van der Waals surface area contributed by atoms with Crippen molar-refractivity contribution in [2.75, 3.05) is 20.8 Å². The van der Waals surface area contributed by atoms with Crippen molar-refractivity contribution in [2.45, 2.75) is 39.0 Å². The van der Waals surface area contributed by atoms with Gasteiger partial charge in [-0.1, -0.05) is 37.3 Å². The van der Waals surface area contributed by atoms with Gasteiger partial charge in [0.1, 0.15) is 5.75 Å². The predicted octanol–water partition coefficient (Wildman–Crippen LogP) is 3.32. The number of rotatable bonds is 11. The third-order valence-electron chi connectivity index (χ3n) is 5.92. The van der Waals surface area contributed by atoms with Crippen molar-refractivity contribution in [1.82, 2.24) is 30.1 Å². The lowest BCUT2D eigenvalue weighted by atomic mass is 10.1. The third kappa shape index (κ3) is 5.32. The Morgan fingerprint density at radius 2 is 1.91 bits per heavy atom. The minimum atomic E-state index is -0.107. The van der Waals surface area contributed by atoms with Gasteiger partial charge < -0.3 is 14.5 Å². The van der Waals surface area contributed by atoms with Gasteiger partial charge in [0.05, 0.1) is 26.3 Å². The summed E-state index contributed by atoms with van der Waals surface area (Å²) in [6.07, 6.45) is 0.777. The zero-order valence-electron chi connectivity index (χ0n) is 19.8. The number of benzene rings is 2. The van der Waals surface area contributed by atoms with Crippen LogP contribution in [-0.2, 0) is 24.4 Å². The fourth-order valence-electron chi connectivity index (χ4n) is 4.18. The molecule has 1 atom stereocenters. The Morgan fingerprint density at radius 1 is 1.09 bits per heavy atom. The van der Waals surface area contributed by atoms with Gasteiger partial charge in [-0.3, -0.25) is 9.69 Å². The van der Waals surface area contributed by atoms with Gasteiger partial charge >= 0.3 is 0 Å². The molecule has 0 aliphatic heterocycles. The molecule has 2 aromatic heterocycles. The first kappa shape index (κ1) is 23.6. The van der Waals surface area contributed by atoms with Crippen molar-refractivity contribution in [3.05, 3.63) is 81.9 Å². The van der Waals surface area contributed by atoms with E-state index in [0.29, 0.717) is 31.8 Å². The largest absolute Gasteiger partial charge is 0.497 e. The van der Waals surface area contributed by atoms with Crippen molar-refractivity contribution in [1.29, 1.82) is 0 Å². The van der Waals surface area contributed by atoms with Gasteiger partial charge in [0.2, 0.25) is 0 Å². The van der Waals surface area contributed by atoms with Crippen LogP contribution in [0.5, 0.6) is 5.75 Å². The lowest BCUT2D eigenvalue weighted by Gasteiger charge is -2.30. The molecule has 0 saturated heterocycles. The Kier molecular flexibility index (Phi) is 7.66. The molecule has 178 valence electrons. The predicted molar refractivity (Wildman–Crippen MR) is 130 cm³/mol. The molecule has 4 aromatic rings. The fourth-order valence-corrected chi connectivity index (χ4v) is 4.18. The van der Waals surface area contributed by atoms with Gasteiger partial charge in [0.25, 0.3) is 5.56 Å². The first-order valence-corrected chi connectivity index (χ1v) is 11.4. The van der Waals surface area contributed by atoms with Crippen LogP contribution in [0.2, 0.25) is 0 Å². The molecule has 0 fully saturated rings. The van der Waals surface area contributed by atoms with E-state index in [4.69, 9.17) is 9.47 Å². The molecule has 1 N–H and O–H groups in total. The van der Waals surface area contributed by atoms with E-state index >= 15 is 0 Å². The van der Waals surface area contributed by atoms with Gasteiger partial charge in [0, 0.05) is 36.7 Å². The molecule has 0 unspecified atom stereocenters. The van der Waals surface area contributed by atoms with Gasteiger partial charge in [0.15, 0.2) is 5.82 Å². The number of pyridine rings is 1. The summed E-state index contributed by atoms with van der Waals surface area (Å²) in [6.45, 7) is 4.26. The highest BCUT2D eigenvalue weighted by Crippen LogP contribution is 2.27. The van der Waals surface area contributed by atoms with Crippen LogP contribution in [0, 0.1) is 0 Å². The van der Waals surface area contributed by atoms with E-state index in [0.717, 1.165) is 34.5 Å². The second-order valence-electron chi connectivity index (χ2n) is 8.14. The van der Waals surface area contributed by atoms with Crippen LogP contribution < -0.4 is 10.3 Å². The van der Waals surface area contributed by atoms with Gasteiger partial charge in [-0.25, -0.2) is 4.68 Å². The SMILES string of the molecule is CC[C@H](c1nnnn1CCOC)N(Cc1ccccc1)Cc1cc2cc(OC)ccc2[nH]c1=O. The maximum atomic E-state index is 13.0. The monoisotopic (exact) mass is 462 g/mol. The molecule has 2 aromatic carbocycles. The van der Waals surface area contributed by atoms with E-state index in [1.807, 2.05) is 42.5 Å². The van der Waals surface area contributed by atoms with Crippen LogP contribution in [0.15, 0.2) is 59.4 Å². The summed E-state index contributed by atoms with van der Waals surface area (Å²) in [5.74, 6) is 1.50. The number of nitrogens with one attached hydrogen (secondary N) is 1. The zero-order valence-corrected chi connectivity index (χ0v) is 19.8. The summed E-state index contributed by atoms with van der Waals surface area (Å²) in [5.41, 5.74) is 2.49. The van der Waals surface area contributed by atoms with Crippen molar-refractivity contribution < 1.29 is 9.47 Å². The van der Waals surface area contributed by atoms with Crippen LogP contribution in [0.3, 0.4) is 0 Å². The lowest BCUT2D eigenvalue weighted by molar-refractivity contribution is 0.151. The first-order valence-electron chi connectivity index (χ1n) is 11.4. The number of aromatic nitrogens is 5. The minimum absolute atomic E-state index is 0.0903. The number of ether oxygens (including phenoxy) is 2. The highest BCUT2D eigenvalue weighted by atomic mass is 16.5. The average molecular weight is 463 g/mol. The number of aromatic amines is 1. The van der Waals surface area contributed by atoms with E-state index in [2.05, 4.69) is 44.5 Å². The Hall–Kier alpha value is -3.56. The summed E-state index contributed by atoms with van der Waals surface area (Å²) in [5, 5.41) is 13.3. The van der Waals surface area contributed by atoms with E-state index in [9.17, 15) is 4.79 Å². The van der Waals surface area contributed by atoms with Gasteiger partial charge in [-0.2, -0.15) is 0 Å². The van der Waals surface area contributed by atoms with E-state index in [1.165, 1.54) is 0 Å². The summed E-state index contributed by atoms with van der Waals surface area (Å²) < 4.78 is 12.4. The summed E-state index contributed by atoms with van der Waals surface area (Å²) in [6, 6.07) is 17.7. The summed E-state index contributed by atoms with van der Waals surface area (Å²) >= 11 is 0. The standard InChI is InChI=1S/C25H30N6O3/c1-4-23(24-27-28-29-31(24)12-13-33-2)30(16-18-8-6-5-7-9-18)17-20-14-19-15-21(34-3)10-11-22(19)26-25(20)32/h5-11,14-15,23H,4,12-13,16-17H2,1-3H3,(H,26,32)/t23-/m1/s1. The number of methoxy groups -OCH3 is 2. The van der Waals surface area contributed by atoms with Crippen molar-refractivity contribution in [3.8, 4) is 5.75 Å². The number of hydrogen-bond donors (Lipinski definition) is 1. The number of fused-ring (bicyclic) bond motifs is 1. The van der Waals surface area contributed by atoms with E-state index < -0.39 is 0 Å². The maximum absolute atomic E-state index is 13.0. The molecule has 0 aliphatic rings. The first-order chi connectivity index (χ1) is 16.6. The molecule has 9 heteroatoms. The molecule has 34 heavy (non-hydrogen) atoms. The highest BCUT2D eigenvalue weighted by molar-refractivity contribution is 5.80. The van der Waals surface area contributed by atoms with Gasteiger partial charge in [-0.15, -0.1) is 5.10 Å². The minimum Gasteiger partial charge on any atom is -0.497 e. The molecule has 0 spiro atoms. The number of nitrogens with zero attached hydrogens (tertiary/aromatic N) is 5. The Bertz CT molecular complexity index is 1270. The van der Waals surface area contributed by atoms with Crippen molar-refractivity contribution in [2.24, 2.45) is 0 Å². The normalized spacial score (nSPS) is 12.4. The highest BCUT2D eigenvalue weighted by Gasteiger charge is 2.26. The molecule has 0 aliphatic carbocycles. The zero-order chi connectivity index (χ0) is 23.9. The van der Waals surface area contributed by atoms with E-state index in [-0.39, 0.29) is 11.6 Å². The van der Waals surface area contributed by atoms with Crippen LogP contribution >= 0.6 is 0 Å². The fraction of sp³-hybridized carbons (Fsp3) is 0.360. The molecule has 0 saturated carbocycles. The molecule has 0 bridgehead atoms. The second kappa shape index (κ2) is 11.0. The topological polar surface area (TPSA) is 98.2 Å². The molecule has 2 heterocycles. The van der Waals surface area contributed by atoms with Crippen LogP contribution in [0.25, 0.3) is 10.9 Å². The lowest BCUT2D eigenvalue weighted by Crippen LogP contribution is -2.32. The maximum Gasteiger partial charge on any atom is 0.252 e. The Balaban J connectivity index is 1.72. The van der Waals surface area contributed by atoms with Crippen LogP contribution in [0.4, 0.5) is 0 Å². The second-order valence-corrected chi connectivity index (χ2v) is 8.14. The number of tetrazole rings is 1. The number of H-pyrrole nitrogens is 1. The average Bonchev–Trinajstić information content (AvgIpc) is 3.32. The summed E-state index contributed by atoms with van der Waals surface area (Å²) in [4.78, 5) is 18.3. The molecule has 9 nitrogen and oxygen atoms in total. The number of hydrogen-bond acceptors (Lipinski definition) is 7. The summed E-state index contributed by atoms with van der Waals surface area (Å²) in [7, 11) is 3.29. The van der Waals surface area contributed by atoms with Crippen LogP contribution in [-0.4, -0.2) is 50.9 Å². The molecule has 4 rings (SSSR count). The smallest absolute Gasteiger partial charge is 0.252 e. The molecule has 0 radical (unpaired) electrons.